The second kappa shape index (κ2) is 6.30. The largest absolute Gasteiger partial charge is 0.390 e. The number of rotatable bonds is 5. The van der Waals surface area contributed by atoms with Gasteiger partial charge in [0, 0.05) is 28.0 Å². The Kier molecular flexibility index (Phi) is 5.32. The molecule has 1 rings (SSSR count). The number of alkyl halides is 1. The molecule has 0 aromatic heterocycles. The van der Waals surface area contributed by atoms with Gasteiger partial charge in [0.25, 0.3) is 5.69 Å². The van der Waals surface area contributed by atoms with Crippen molar-refractivity contribution in [2.75, 3.05) is 5.33 Å². The molecule has 0 saturated heterocycles. The van der Waals surface area contributed by atoms with Crippen molar-refractivity contribution in [3.63, 3.8) is 0 Å². The maximum atomic E-state index is 10.6. The highest BCUT2D eigenvalue weighted by molar-refractivity contribution is 9.09. The van der Waals surface area contributed by atoms with Gasteiger partial charge in [-0.05, 0) is 12.5 Å². The Balaban J connectivity index is 3.03. The first-order valence-electron chi connectivity index (χ1n) is 4.83. The van der Waals surface area contributed by atoms with E-state index in [4.69, 9.17) is 11.6 Å². The molecule has 5 nitrogen and oxygen atoms in total. The van der Waals surface area contributed by atoms with Crippen molar-refractivity contribution in [2.45, 2.75) is 18.6 Å². The maximum absolute atomic E-state index is 10.6. The van der Waals surface area contributed by atoms with Gasteiger partial charge >= 0.3 is 0 Å². The molecule has 1 aromatic rings. The van der Waals surface area contributed by atoms with Crippen molar-refractivity contribution in [3.8, 4) is 0 Å². The predicted molar refractivity (Wildman–Crippen MR) is 67.5 cm³/mol. The zero-order valence-electron chi connectivity index (χ0n) is 8.72. The molecule has 0 heterocycles. The standard InChI is InChI=1S/C10H11BrClNO4/c11-4-3-9(14)10(15)7-5-6(13(16)17)1-2-8(7)12/h1-2,5,9-10,14-15H,3-4H2. The first-order chi connectivity index (χ1) is 7.97. The van der Waals surface area contributed by atoms with Gasteiger partial charge in [0.15, 0.2) is 0 Å². The van der Waals surface area contributed by atoms with Crippen LogP contribution in [0.3, 0.4) is 0 Å². The van der Waals surface area contributed by atoms with Gasteiger partial charge in [-0.1, -0.05) is 27.5 Å². The number of aliphatic hydroxyl groups excluding tert-OH is 2. The molecule has 17 heavy (non-hydrogen) atoms. The van der Waals surface area contributed by atoms with Crippen molar-refractivity contribution >= 4 is 33.2 Å². The smallest absolute Gasteiger partial charge is 0.269 e. The summed E-state index contributed by atoms with van der Waals surface area (Å²) in [5.41, 5.74) is -0.0104. The van der Waals surface area contributed by atoms with Crippen LogP contribution < -0.4 is 0 Å². The topological polar surface area (TPSA) is 83.6 Å². The molecule has 0 aliphatic heterocycles. The Morgan fingerprint density at radius 1 is 1.47 bits per heavy atom. The zero-order valence-corrected chi connectivity index (χ0v) is 11.1. The van der Waals surface area contributed by atoms with E-state index in [1.165, 1.54) is 18.2 Å². The summed E-state index contributed by atoms with van der Waals surface area (Å²) in [5, 5.41) is 30.7. The molecule has 2 N–H and O–H groups in total. The van der Waals surface area contributed by atoms with Crippen molar-refractivity contribution < 1.29 is 15.1 Å². The van der Waals surface area contributed by atoms with Gasteiger partial charge in [0.2, 0.25) is 0 Å². The van der Waals surface area contributed by atoms with E-state index in [1.807, 2.05) is 0 Å². The van der Waals surface area contributed by atoms with Crippen molar-refractivity contribution in [3.05, 3.63) is 38.9 Å². The maximum Gasteiger partial charge on any atom is 0.269 e. The van der Waals surface area contributed by atoms with E-state index in [-0.39, 0.29) is 16.3 Å². The van der Waals surface area contributed by atoms with E-state index in [2.05, 4.69) is 15.9 Å². The van der Waals surface area contributed by atoms with E-state index in [9.17, 15) is 20.3 Å². The number of hydrogen-bond acceptors (Lipinski definition) is 4. The number of hydrogen-bond donors (Lipinski definition) is 2. The third-order valence-electron chi connectivity index (χ3n) is 2.28. The zero-order chi connectivity index (χ0) is 13.0. The van der Waals surface area contributed by atoms with Crippen LogP contribution >= 0.6 is 27.5 Å². The number of non-ortho nitro benzene ring substituents is 1. The Bertz CT molecular complexity index is 415. The van der Waals surface area contributed by atoms with Gasteiger partial charge in [0.05, 0.1) is 11.0 Å². The molecule has 1 aromatic carbocycles. The van der Waals surface area contributed by atoms with Gasteiger partial charge in [0.1, 0.15) is 6.10 Å². The minimum Gasteiger partial charge on any atom is -0.390 e. The van der Waals surface area contributed by atoms with Gasteiger partial charge in [-0.3, -0.25) is 10.1 Å². The highest BCUT2D eigenvalue weighted by Gasteiger charge is 2.22. The van der Waals surface area contributed by atoms with Crippen LogP contribution in [0.4, 0.5) is 5.69 Å². The summed E-state index contributed by atoms with van der Waals surface area (Å²) in [7, 11) is 0. The third kappa shape index (κ3) is 3.64. The summed E-state index contributed by atoms with van der Waals surface area (Å²) in [4.78, 5) is 10.0. The van der Waals surface area contributed by atoms with Gasteiger partial charge < -0.3 is 10.2 Å². The van der Waals surface area contributed by atoms with Crippen LogP contribution in [0.5, 0.6) is 0 Å². The van der Waals surface area contributed by atoms with E-state index in [1.54, 1.807) is 0 Å². The second-order valence-electron chi connectivity index (χ2n) is 3.45. The summed E-state index contributed by atoms with van der Waals surface area (Å²) in [6, 6.07) is 3.75. The molecule has 0 bridgehead atoms. The summed E-state index contributed by atoms with van der Waals surface area (Å²) in [6.45, 7) is 0. The molecule has 0 aliphatic carbocycles. The molecule has 0 radical (unpaired) electrons. The van der Waals surface area contributed by atoms with Crippen LogP contribution in [-0.4, -0.2) is 26.6 Å². The van der Waals surface area contributed by atoms with Crippen LogP contribution in [0.1, 0.15) is 18.1 Å². The van der Waals surface area contributed by atoms with Gasteiger partial charge in [-0.25, -0.2) is 0 Å². The van der Waals surface area contributed by atoms with Crippen LogP contribution in [0.15, 0.2) is 18.2 Å². The Morgan fingerprint density at radius 3 is 2.65 bits per heavy atom. The molecule has 0 amide bonds. The Labute approximate surface area is 111 Å². The highest BCUT2D eigenvalue weighted by Crippen LogP contribution is 2.30. The molecule has 94 valence electrons. The molecule has 0 fully saturated rings. The average Bonchev–Trinajstić information content (AvgIpc) is 2.28. The molecule has 2 atom stereocenters. The lowest BCUT2D eigenvalue weighted by Crippen LogP contribution is -2.19. The Morgan fingerprint density at radius 2 is 2.12 bits per heavy atom. The molecular formula is C10H11BrClNO4. The lowest BCUT2D eigenvalue weighted by molar-refractivity contribution is -0.385. The van der Waals surface area contributed by atoms with E-state index in [0.29, 0.717) is 11.8 Å². The minimum atomic E-state index is -1.24. The second-order valence-corrected chi connectivity index (χ2v) is 4.65. The fraction of sp³-hybridized carbons (Fsp3) is 0.400. The lowest BCUT2D eigenvalue weighted by Gasteiger charge is -2.18. The summed E-state index contributed by atoms with van der Waals surface area (Å²) in [6.07, 6.45) is -1.94. The molecule has 2 unspecified atom stereocenters. The van der Waals surface area contributed by atoms with E-state index in [0.717, 1.165) is 0 Å². The lowest BCUT2D eigenvalue weighted by atomic mass is 10.0. The van der Waals surface area contributed by atoms with Crippen LogP contribution in [0.2, 0.25) is 5.02 Å². The quantitative estimate of drug-likeness (QED) is 0.495. The number of aliphatic hydroxyl groups is 2. The highest BCUT2D eigenvalue weighted by atomic mass is 79.9. The van der Waals surface area contributed by atoms with Crippen molar-refractivity contribution in [1.29, 1.82) is 0 Å². The molecule has 0 saturated carbocycles. The Hall–Kier alpha value is -0.690. The fourth-order valence-electron chi connectivity index (χ4n) is 1.35. The normalized spacial score (nSPS) is 14.4. The van der Waals surface area contributed by atoms with Crippen LogP contribution in [0, 0.1) is 10.1 Å². The van der Waals surface area contributed by atoms with Gasteiger partial charge in [-0.2, -0.15) is 0 Å². The number of nitro benzene ring substituents is 1. The minimum absolute atomic E-state index is 0.161. The average molecular weight is 325 g/mol. The fourth-order valence-corrected chi connectivity index (χ4v) is 2.05. The van der Waals surface area contributed by atoms with Crippen LogP contribution in [0.25, 0.3) is 0 Å². The first-order valence-corrected chi connectivity index (χ1v) is 6.33. The number of halogens is 2. The summed E-state index contributed by atoms with van der Waals surface area (Å²) >= 11 is 8.97. The summed E-state index contributed by atoms with van der Waals surface area (Å²) in [5.74, 6) is 0. The van der Waals surface area contributed by atoms with Crippen molar-refractivity contribution in [2.24, 2.45) is 0 Å². The third-order valence-corrected chi connectivity index (χ3v) is 3.08. The van der Waals surface area contributed by atoms with Gasteiger partial charge in [-0.15, -0.1) is 0 Å². The predicted octanol–water partition coefficient (Wildman–Crippen LogP) is 2.43. The monoisotopic (exact) mass is 323 g/mol. The molecule has 0 spiro atoms. The molecule has 0 aliphatic rings. The van der Waals surface area contributed by atoms with Crippen LogP contribution in [-0.2, 0) is 0 Å². The first kappa shape index (κ1) is 14.4. The molecule has 7 heteroatoms. The number of benzene rings is 1. The number of nitrogens with zero attached hydrogens (tertiary/aromatic N) is 1. The summed E-state index contributed by atoms with van der Waals surface area (Å²) < 4.78 is 0. The number of nitro groups is 1. The SMILES string of the molecule is O=[N+]([O-])c1ccc(Cl)c(C(O)C(O)CCBr)c1. The van der Waals surface area contributed by atoms with Crippen molar-refractivity contribution in [1.82, 2.24) is 0 Å². The van der Waals surface area contributed by atoms with E-state index < -0.39 is 17.1 Å². The molecular weight excluding hydrogens is 313 g/mol. The van der Waals surface area contributed by atoms with E-state index >= 15 is 0 Å².